The molecule has 102 valence electrons. The zero-order valence-electron chi connectivity index (χ0n) is 11.3. The molecule has 0 spiro atoms. The van der Waals surface area contributed by atoms with Gasteiger partial charge in [0.25, 0.3) is 0 Å². The van der Waals surface area contributed by atoms with Gasteiger partial charge in [0.1, 0.15) is 5.82 Å². The minimum absolute atomic E-state index is 0.183. The maximum Gasteiger partial charge on any atom is 0.123 e. The zero-order valence-corrected chi connectivity index (χ0v) is 12.1. The van der Waals surface area contributed by atoms with Crippen LogP contribution in [0.1, 0.15) is 30.2 Å². The molecular formula is C15H19FN2S. The van der Waals surface area contributed by atoms with Crippen molar-refractivity contribution in [3.05, 3.63) is 52.2 Å². The SMILES string of the molecule is CC(C)NCC(Cc1cncs1)c1ccc(F)cc1. The lowest BCUT2D eigenvalue weighted by Crippen LogP contribution is -2.28. The van der Waals surface area contributed by atoms with Gasteiger partial charge in [-0.3, -0.25) is 4.98 Å². The maximum absolute atomic E-state index is 13.0. The lowest BCUT2D eigenvalue weighted by molar-refractivity contribution is 0.527. The van der Waals surface area contributed by atoms with Gasteiger partial charge < -0.3 is 5.32 Å². The molecule has 1 N–H and O–H groups in total. The average molecular weight is 278 g/mol. The van der Waals surface area contributed by atoms with E-state index >= 15 is 0 Å². The number of nitrogens with one attached hydrogen (secondary N) is 1. The molecular weight excluding hydrogens is 259 g/mol. The smallest absolute Gasteiger partial charge is 0.123 e. The van der Waals surface area contributed by atoms with Crippen LogP contribution in [0, 0.1) is 5.82 Å². The van der Waals surface area contributed by atoms with E-state index in [-0.39, 0.29) is 5.82 Å². The number of nitrogens with zero attached hydrogens (tertiary/aromatic N) is 1. The van der Waals surface area contributed by atoms with Crippen LogP contribution in [0.15, 0.2) is 36.0 Å². The Balaban J connectivity index is 2.11. The Morgan fingerprint density at radius 3 is 2.58 bits per heavy atom. The van der Waals surface area contributed by atoms with Gasteiger partial charge in [-0.15, -0.1) is 11.3 Å². The summed E-state index contributed by atoms with van der Waals surface area (Å²) in [6.07, 6.45) is 2.85. The molecule has 0 aliphatic carbocycles. The van der Waals surface area contributed by atoms with Crippen LogP contribution in [0.5, 0.6) is 0 Å². The molecule has 2 nitrogen and oxygen atoms in total. The van der Waals surface area contributed by atoms with Crippen molar-refractivity contribution in [3.63, 3.8) is 0 Å². The van der Waals surface area contributed by atoms with E-state index in [0.29, 0.717) is 12.0 Å². The minimum atomic E-state index is -0.183. The van der Waals surface area contributed by atoms with Crippen molar-refractivity contribution in [2.75, 3.05) is 6.54 Å². The predicted molar refractivity (Wildman–Crippen MR) is 78.1 cm³/mol. The van der Waals surface area contributed by atoms with Gasteiger partial charge in [0, 0.05) is 29.6 Å². The van der Waals surface area contributed by atoms with Gasteiger partial charge in [0.2, 0.25) is 0 Å². The molecule has 0 saturated carbocycles. The van der Waals surface area contributed by atoms with Crippen LogP contribution in [0.3, 0.4) is 0 Å². The quantitative estimate of drug-likeness (QED) is 0.873. The molecule has 4 heteroatoms. The van der Waals surface area contributed by atoms with Gasteiger partial charge in [0.05, 0.1) is 5.51 Å². The summed E-state index contributed by atoms with van der Waals surface area (Å²) in [5.41, 5.74) is 3.02. The van der Waals surface area contributed by atoms with Crippen molar-refractivity contribution >= 4 is 11.3 Å². The molecule has 2 aromatic rings. The monoisotopic (exact) mass is 278 g/mol. The zero-order chi connectivity index (χ0) is 13.7. The second kappa shape index (κ2) is 6.78. The predicted octanol–water partition coefficient (Wildman–Crippen LogP) is 3.61. The highest BCUT2D eigenvalue weighted by atomic mass is 32.1. The second-order valence-electron chi connectivity index (χ2n) is 4.98. The van der Waals surface area contributed by atoms with Crippen LogP contribution in [0.4, 0.5) is 4.39 Å². The molecule has 1 aromatic heterocycles. The van der Waals surface area contributed by atoms with Crippen molar-refractivity contribution < 1.29 is 4.39 Å². The molecule has 0 aliphatic rings. The number of hydrogen-bond acceptors (Lipinski definition) is 3. The van der Waals surface area contributed by atoms with Crippen molar-refractivity contribution in [2.24, 2.45) is 0 Å². The lowest BCUT2D eigenvalue weighted by atomic mass is 9.95. The number of rotatable bonds is 6. The standard InChI is InChI=1S/C15H19FN2S/c1-11(2)18-8-13(7-15-9-17-10-19-15)12-3-5-14(16)6-4-12/h3-6,9-11,13,18H,7-8H2,1-2H3. The van der Waals surface area contributed by atoms with Gasteiger partial charge in [0.15, 0.2) is 0 Å². The van der Waals surface area contributed by atoms with E-state index in [0.717, 1.165) is 13.0 Å². The van der Waals surface area contributed by atoms with Crippen LogP contribution in [0.25, 0.3) is 0 Å². The molecule has 0 bridgehead atoms. The molecule has 0 radical (unpaired) electrons. The average Bonchev–Trinajstić information content (AvgIpc) is 2.88. The fourth-order valence-electron chi connectivity index (χ4n) is 2.01. The molecule has 19 heavy (non-hydrogen) atoms. The van der Waals surface area contributed by atoms with Crippen LogP contribution in [-0.2, 0) is 6.42 Å². The van der Waals surface area contributed by atoms with E-state index in [1.807, 2.05) is 23.8 Å². The molecule has 0 saturated heterocycles. The first kappa shape index (κ1) is 14.2. The van der Waals surface area contributed by atoms with E-state index in [4.69, 9.17) is 0 Å². The third kappa shape index (κ3) is 4.40. The fourth-order valence-corrected chi connectivity index (χ4v) is 2.68. The number of halogens is 1. The Bertz CT molecular complexity index is 479. The minimum Gasteiger partial charge on any atom is -0.314 e. The molecule has 1 aromatic carbocycles. The maximum atomic E-state index is 13.0. The van der Waals surface area contributed by atoms with Crippen LogP contribution < -0.4 is 5.32 Å². The van der Waals surface area contributed by atoms with Gasteiger partial charge in [-0.05, 0) is 24.1 Å². The first-order valence-electron chi connectivity index (χ1n) is 6.51. The fraction of sp³-hybridized carbons (Fsp3) is 0.400. The molecule has 0 aliphatic heterocycles. The van der Waals surface area contributed by atoms with E-state index in [2.05, 4.69) is 24.1 Å². The second-order valence-corrected chi connectivity index (χ2v) is 5.95. The summed E-state index contributed by atoms with van der Waals surface area (Å²) in [5, 5.41) is 3.46. The summed E-state index contributed by atoms with van der Waals surface area (Å²) in [4.78, 5) is 5.38. The van der Waals surface area contributed by atoms with E-state index in [1.165, 1.54) is 22.6 Å². The van der Waals surface area contributed by atoms with Crippen molar-refractivity contribution in [1.82, 2.24) is 10.3 Å². The van der Waals surface area contributed by atoms with Crippen LogP contribution in [0.2, 0.25) is 0 Å². The number of aromatic nitrogens is 1. The third-order valence-electron chi connectivity index (χ3n) is 3.04. The van der Waals surface area contributed by atoms with Crippen molar-refractivity contribution in [3.8, 4) is 0 Å². The normalized spacial score (nSPS) is 12.8. The summed E-state index contributed by atoms with van der Waals surface area (Å²) >= 11 is 1.67. The van der Waals surface area contributed by atoms with E-state index < -0.39 is 0 Å². The first-order valence-corrected chi connectivity index (χ1v) is 7.39. The molecule has 1 atom stereocenters. The highest BCUT2D eigenvalue weighted by Crippen LogP contribution is 2.22. The lowest BCUT2D eigenvalue weighted by Gasteiger charge is -2.19. The molecule has 1 heterocycles. The third-order valence-corrected chi connectivity index (χ3v) is 3.85. The molecule has 2 rings (SSSR count). The number of hydrogen-bond donors (Lipinski definition) is 1. The largest absolute Gasteiger partial charge is 0.314 e. The topological polar surface area (TPSA) is 24.9 Å². The van der Waals surface area contributed by atoms with Crippen LogP contribution >= 0.6 is 11.3 Å². The summed E-state index contributed by atoms with van der Waals surface area (Å²) in [5.74, 6) is 0.167. The Hall–Kier alpha value is -1.26. The Kier molecular flexibility index (Phi) is 5.05. The van der Waals surface area contributed by atoms with Crippen molar-refractivity contribution in [1.29, 1.82) is 0 Å². The summed E-state index contributed by atoms with van der Waals surface area (Å²) < 4.78 is 13.0. The van der Waals surface area contributed by atoms with Gasteiger partial charge in [-0.25, -0.2) is 4.39 Å². The summed E-state index contributed by atoms with van der Waals surface area (Å²) in [7, 11) is 0. The number of thiazole rings is 1. The Morgan fingerprint density at radius 1 is 1.26 bits per heavy atom. The van der Waals surface area contributed by atoms with Gasteiger partial charge in [-0.2, -0.15) is 0 Å². The molecule has 0 fully saturated rings. The van der Waals surface area contributed by atoms with Gasteiger partial charge in [-0.1, -0.05) is 26.0 Å². The Labute approximate surface area is 117 Å². The van der Waals surface area contributed by atoms with Crippen molar-refractivity contribution in [2.45, 2.75) is 32.2 Å². The highest BCUT2D eigenvalue weighted by molar-refractivity contribution is 7.09. The Morgan fingerprint density at radius 2 is 2.00 bits per heavy atom. The van der Waals surface area contributed by atoms with Crippen LogP contribution in [-0.4, -0.2) is 17.6 Å². The number of benzene rings is 1. The summed E-state index contributed by atoms with van der Waals surface area (Å²) in [6.45, 7) is 5.16. The molecule has 1 unspecified atom stereocenters. The first-order chi connectivity index (χ1) is 9.15. The molecule has 0 amide bonds. The van der Waals surface area contributed by atoms with E-state index in [9.17, 15) is 4.39 Å². The van der Waals surface area contributed by atoms with Gasteiger partial charge >= 0.3 is 0 Å². The highest BCUT2D eigenvalue weighted by Gasteiger charge is 2.14. The van der Waals surface area contributed by atoms with E-state index in [1.54, 1.807) is 11.3 Å². The summed E-state index contributed by atoms with van der Waals surface area (Å²) in [6, 6.07) is 7.27.